The summed E-state index contributed by atoms with van der Waals surface area (Å²) < 4.78 is 0. The van der Waals surface area contributed by atoms with E-state index in [2.05, 4.69) is 10.3 Å². The van der Waals surface area contributed by atoms with E-state index in [1.165, 1.54) is 0 Å². The van der Waals surface area contributed by atoms with Crippen molar-refractivity contribution in [2.45, 2.75) is 6.42 Å². The fourth-order valence-corrected chi connectivity index (χ4v) is 2.36. The molecule has 0 radical (unpaired) electrons. The summed E-state index contributed by atoms with van der Waals surface area (Å²) in [6.45, 7) is 0.887. The van der Waals surface area contributed by atoms with Gasteiger partial charge in [0.15, 0.2) is 11.5 Å². The van der Waals surface area contributed by atoms with Crippen LogP contribution in [-0.2, 0) is 6.42 Å². The van der Waals surface area contributed by atoms with E-state index >= 15 is 0 Å². The topological polar surface area (TPSA) is 88.5 Å². The Morgan fingerprint density at radius 2 is 1.71 bits per heavy atom. The van der Waals surface area contributed by atoms with Crippen molar-refractivity contribution in [3.05, 3.63) is 48.2 Å². The van der Waals surface area contributed by atoms with Gasteiger partial charge in [-0.15, -0.1) is 0 Å². The summed E-state index contributed by atoms with van der Waals surface area (Å²) >= 11 is 0. The summed E-state index contributed by atoms with van der Waals surface area (Å²) in [5, 5.41) is 31.4. The third-order valence-electron chi connectivity index (χ3n) is 3.45. The molecule has 2 heterocycles. The number of phenolic OH excluding ortho intramolecular Hbond substituents is 3. The van der Waals surface area contributed by atoms with Gasteiger partial charge in [0.05, 0.1) is 0 Å². The first-order chi connectivity index (χ1) is 10.1. The lowest BCUT2D eigenvalue weighted by atomic mass is 10.1. The number of phenols is 3. The summed E-state index contributed by atoms with van der Waals surface area (Å²) in [4.78, 5) is 3.00. The van der Waals surface area contributed by atoms with E-state index in [0.717, 1.165) is 35.1 Å². The van der Waals surface area contributed by atoms with Crippen LogP contribution in [0, 0.1) is 0 Å². The van der Waals surface area contributed by atoms with Gasteiger partial charge < -0.3 is 25.6 Å². The average Bonchev–Trinajstić information content (AvgIpc) is 3.08. The van der Waals surface area contributed by atoms with Crippen LogP contribution in [0.25, 0.3) is 10.9 Å². The molecular formula is C16H16N2O3. The Kier molecular flexibility index (Phi) is 3.31. The van der Waals surface area contributed by atoms with Crippen LogP contribution in [0.1, 0.15) is 5.56 Å². The second kappa shape index (κ2) is 5.28. The molecule has 5 nitrogen and oxygen atoms in total. The maximum absolute atomic E-state index is 9.11. The van der Waals surface area contributed by atoms with Crippen molar-refractivity contribution < 1.29 is 15.3 Å². The first-order valence-electron chi connectivity index (χ1n) is 6.68. The normalized spacial score (nSPS) is 12.4. The van der Waals surface area contributed by atoms with Gasteiger partial charge in [0.25, 0.3) is 0 Å². The van der Waals surface area contributed by atoms with Gasteiger partial charge in [-0.1, -0.05) is 0 Å². The molecule has 0 bridgehead atoms. The summed E-state index contributed by atoms with van der Waals surface area (Å²) in [7, 11) is 0. The molecule has 5 N–H and O–H groups in total. The van der Waals surface area contributed by atoms with E-state index in [0.29, 0.717) is 5.75 Å². The number of hydrogen-bond donors (Lipinski definition) is 5. The van der Waals surface area contributed by atoms with Gasteiger partial charge in [0.2, 0.25) is 0 Å². The van der Waals surface area contributed by atoms with Gasteiger partial charge in [0, 0.05) is 36.1 Å². The van der Waals surface area contributed by atoms with Gasteiger partial charge in [0.1, 0.15) is 5.75 Å². The maximum atomic E-state index is 9.11. The highest BCUT2D eigenvalue weighted by atomic mass is 16.3. The van der Waals surface area contributed by atoms with Crippen molar-refractivity contribution in [3.63, 3.8) is 0 Å². The second-order valence-electron chi connectivity index (χ2n) is 4.92. The van der Waals surface area contributed by atoms with Crippen LogP contribution in [0.2, 0.25) is 0 Å². The largest absolute Gasteiger partial charge is 0.508 e. The summed E-state index contributed by atoms with van der Waals surface area (Å²) in [5.74, 6) is 0.209. The molecule has 0 saturated heterocycles. The lowest BCUT2D eigenvalue weighted by molar-refractivity contribution is 0.403. The van der Waals surface area contributed by atoms with E-state index in [1.54, 1.807) is 24.3 Å². The fourth-order valence-electron chi connectivity index (χ4n) is 2.36. The number of rotatable bonds is 0. The van der Waals surface area contributed by atoms with Crippen molar-refractivity contribution >= 4 is 16.6 Å². The van der Waals surface area contributed by atoms with Gasteiger partial charge in [-0.2, -0.15) is 0 Å². The third kappa shape index (κ3) is 2.72. The Balaban J connectivity index is 0.000000126. The van der Waals surface area contributed by atoms with Crippen molar-refractivity contribution in [2.75, 3.05) is 11.9 Å². The van der Waals surface area contributed by atoms with Gasteiger partial charge >= 0.3 is 0 Å². The quantitative estimate of drug-likeness (QED) is 0.324. The first kappa shape index (κ1) is 13.2. The molecule has 0 unspecified atom stereocenters. The second-order valence-corrected chi connectivity index (χ2v) is 4.92. The Morgan fingerprint density at radius 1 is 0.905 bits per heavy atom. The van der Waals surface area contributed by atoms with Crippen LogP contribution >= 0.6 is 0 Å². The molecule has 0 spiro atoms. The number of hydrogen-bond acceptors (Lipinski definition) is 4. The maximum Gasteiger partial charge on any atom is 0.159 e. The number of fused-ring (bicyclic) bond motifs is 2. The Bertz CT molecular complexity index is 751. The highest BCUT2D eigenvalue weighted by Gasteiger charge is 2.12. The average molecular weight is 284 g/mol. The number of aromatic hydroxyl groups is 3. The van der Waals surface area contributed by atoms with E-state index < -0.39 is 0 Å². The summed E-state index contributed by atoms with van der Waals surface area (Å²) in [5.41, 5.74) is 2.97. The predicted molar refractivity (Wildman–Crippen MR) is 81.9 cm³/mol. The molecule has 1 aromatic heterocycles. The summed E-state index contributed by atoms with van der Waals surface area (Å²) in [6.07, 6.45) is 2.77. The molecule has 2 aromatic carbocycles. The Morgan fingerprint density at radius 3 is 2.57 bits per heavy atom. The van der Waals surface area contributed by atoms with Crippen LogP contribution in [0.4, 0.5) is 5.69 Å². The van der Waals surface area contributed by atoms with Crippen LogP contribution in [0.3, 0.4) is 0 Å². The predicted octanol–water partition coefficient (Wildman–Crippen LogP) is 2.94. The van der Waals surface area contributed by atoms with Gasteiger partial charge in [-0.25, -0.2) is 0 Å². The van der Waals surface area contributed by atoms with Crippen LogP contribution in [0.5, 0.6) is 17.2 Å². The molecule has 21 heavy (non-hydrogen) atoms. The molecule has 1 aliphatic heterocycles. The van der Waals surface area contributed by atoms with E-state index in [4.69, 9.17) is 15.3 Å². The molecule has 3 aromatic rings. The minimum atomic E-state index is -0.0573. The zero-order chi connectivity index (χ0) is 14.8. The molecular weight excluding hydrogens is 268 g/mol. The lowest BCUT2D eigenvalue weighted by Gasteiger charge is -2.01. The minimum absolute atomic E-state index is 0.0348. The molecule has 0 amide bonds. The summed E-state index contributed by atoms with van der Waals surface area (Å²) in [6, 6.07) is 10.4. The Labute approximate surface area is 121 Å². The highest BCUT2D eigenvalue weighted by molar-refractivity contribution is 5.80. The molecule has 0 aliphatic carbocycles. The molecule has 0 atom stereocenters. The third-order valence-corrected chi connectivity index (χ3v) is 3.45. The molecule has 5 heteroatoms. The molecule has 108 valence electrons. The molecule has 4 rings (SSSR count). The standard InChI is InChI=1S/C8H9NO2.C8H7NO/c10-7-3-5-1-2-9-6(5)4-8(7)11;10-7-2-1-6-3-4-9-8(6)5-7/h3-4,9-11H,1-2H2;1-5,9-10H. The van der Waals surface area contributed by atoms with Crippen molar-refractivity contribution in [3.8, 4) is 17.2 Å². The number of aromatic amines is 1. The number of aromatic nitrogens is 1. The van der Waals surface area contributed by atoms with E-state index in [1.807, 2.05) is 18.3 Å². The fraction of sp³-hybridized carbons (Fsp3) is 0.125. The first-order valence-corrected chi connectivity index (χ1v) is 6.68. The number of nitrogens with one attached hydrogen (secondary N) is 2. The SMILES string of the molecule is Oc1cc2c(cc1O)NCC2.Oc1ccc2cc[nH]c2c1. The number of H-pyrrole nitrogens is 1. The van der Waals surface area contributed by atoms with Gasteiger partial charge in [-0.3, -0.25) is 0 Å². The zero-order valence-corrected chi connectivity index (χ0v) is 11.3. The van der Waals surface area contributed by atoms with Crippen LogP contribution in [0.15, 0.2) is 42.6 Å². The molecule has 0 saturated carbocycles. The van der Waals surface area contributed by atoms with Crippen molar-refractivity contribution in [1.82, 2.24) is 4.98 Å². The van der Waals surface area contributed by atoms with E-state index in [-0.39, 0.29) is 11.5 Å². The van der Waals surface area contributed by atoms with Crippen LogP contribution < -0.4 is 5.32 Å². The number of benzene rings is 2. The molecule has 1 aliphatic rings. The lowest BCUT2D eigenvalue weighted by Crippen LogP contribution is -1.90. The minimum Gasteiger partial charge on any atom is -0.508 e. The highest BCUT2D eigenvalue weighted by Crippen LogP contribution is 2.33. The molecule has 0 fully saturated rings. The number of anilines is 1. The van der Waals surface area contributed by atoms with Crippen LogP contribution in [-0.4, -0.2) is 26.8 Å². The van der Waals surface area contributed by atoms with Gasteiger partial charge in [-0.05, 0) is 41.6 Å². The Hall–Kier alpha value is -2.82. The van der Waals surface area contributed by atoms with Crippen molar-refractivity contribution in [2.24, 2.45) is 0 Å². The smallest absolute Gasteiger partial charge is 0.159 e. The zero-order valence-electron chi connectivity index (χ0n) is 11.3. The van der Waals surface area contributed by atoms with E-state index in [9.17, 15) is 0 Å². The van der Waals surface area contributed by atoms with Crippen molar-refractivity contribution in [1.29, 1.82) is 0 Å². The monoisotopic (exact) mass is 284 g/mol.